The Bertz CT molecular complexity index is 1210. The number of rotatable bonds is 20. The second-order valence-corrected chi connectivity index (χ2v) is 12.2. The van der Waals surface area contributed by atoms with Crippen molar-refractivity contribution in [2.75, 3.05) is 11.9 Å². The van der Waals surface area contributed by atoms with Gasteiger partial charge in [-0.25, -0.2) is 0 Å². The number of amides is 1. The van der Waals surface area contributed by atoms with Gasteiger partial charge in [-0.1, -0.05) is 113 Å². The van der Waals surface area contributed by atoms with E-state index in [-0.39, 0.29) is 35.1 Å². The van der Waals surface area contributed by atoms with Gasteiger partial charge in [0.25, 0.3) is 0 Å². The van der Waals surface area contributed by atoms with Gasteiger partial charge in [-0.3, -0.25) is 9.59 Å². The van der Waals surface area contributed by atoms with Crippen molar-refractivity contribution in [3.05, 3.63) is 75.7 Å². The molecule has 0 bridgehead atoms. The fraction of sp³-hybridized carbons (Fsp3) is 0.514. The van der Waals surface area contributed by atoms with E-state index >= 15 is 0 Å². The SMILES string of the molecule is CCCCCCCCCCCCCCOc1c(CC(=O)Nc2ccc(C[n+]3csc(C)c3)cc2)cccc1C(C)=O.[Br-]. The molecule has 1 heterocycles. The van der Waals surface area contributed by atoms with Crippen LogP contribution in [-0.4, -0.2) is 18.3 Å². The topological polar surface area (TPSA) is 59.3 Å². The van der Waals surface area contributed by atoms with E-state index in [0.717, 1.165) is 30.6 Å². The van der Waals surface area contributed by atoms with Gasteiger partial charge in [0.15, 0.2) is 18.5 Å². The van der Waals surface area contributed by atoms with Crippen molar-refractivity contribution >= 4 is 28.7 Å². The molecule has 1 amide bonds. The van der Waals surface area contributed by atoms with Gasteiger partial charge < -0.3 is 27.0 Å². The number of para-hydroxylation sites is 1. The molecule has 0 aliphatic heterocycles. The fourth-order valence-corrected chi connectivity index (χ4v) is 5.73. The maximum Gasteiger partial charge on any atom is 0.228 e. The van der Waals surface area contributed by atoms with E-state index in [1.807, 2.05) is 36.4 Å². The Morgan fingerprint density at radius 2 is 1.48 bits per heavy atom. The zero-order chi connectivity index (χ0) is 29.3. The Kier molecular flexibility index (Phi) is 17.3. The predicted molar refractivity (Wildman–Crippen MR) is 170 cm³/mol. The smallest absolute Gasteiger partial charge is 0.228 e. The number of anilines is 1. The summed E-state index contributed by atoms with van der Waals surface area (Å²) in [5.41, 5.74) is 5.33. The number of ketones is 1. The van der Waals surface area contributed by atoms with Crippen molar-refractivity contribution in [3.8, 4) is 5.75 Å². The van der Waals surface area contributed by atoms with Crippen LogP contribution in [0.15, 0.2) is 54.2 Å². The number of thiazole rings is 1. The second kappa shape index (κ2) is 20.4. The van der Waals surface area contributed by atoms with Gasteiger partial charge in [-0.05, 0) is 38.5 Å². The number of unbranched alkanes of at least 4 members (excludes halogenated alkanes) is 11. The maximum absolute atomic E-state index is 12.9. The molecule has 42 heavy (non-hydrogen) atoms. The first kappa shape index (κ1) is 35.7. The lowest BCUT2D eigenvalue weighted by Gasteiger charge is -2.15. The molecule has 3 rings (SSSR count). The molecule has 5 nitrogen and oxygen atoms in total. The predicted octanol–water partition coefficient (Wildman–Crippen LogP) is 5.86. The monoisotopic (exact) mass is 656 g/mol. The molecule has 0 radical (unpaired) electrons. The first-order valence-electron chi connectivity index (χ1n) is 15.5. The summed E-state index contributed by atoms with van der Waals surface area (Å²) in [4.78, 5) is 26.5. The van der Waals surface area contributed by atoms with Crippen molar-refractivity contribution in [2.45, 2.75) is 111 Å². The number of carbonyl (C=O) groups is 2. The Hall–Kier alpha value is -2.51. The first-order valence-corrected chi connectivity index (χ1v) is 16.4. The van der Waals surface area contributed by atoms with Crippen LogP contribution in [0.5, 0.6) is 5.75 Å². The standard InChI is InChI=1S/C35H48N2O3S.BrH/c1-4-5-6-7-8-9-10-11-12-13-14-15-23-40-35-31(17-16-18-33(35)29(3)38)24-34(39)36-32-21-19-30(20-22-32)26-37-25-28(2)41-27-37;/h16-22,25,27H,4-15,23-24,26H2,1-3H3;1H. The van der Waals surface area contributed by atoms with Gasteiger partial charge in [-0.2, -0.15) is 4.57 Å². The minimum atomic E-state index is -0.128. The fourth-order valence-electron chi connectivity index (χ4n) is 5.10. The average Bonchev–Trinajstić information content (AvgIpc) is 3.37. The maximum atomic E-state index is 12.9. The Balaban J connectivity index is 0.00000616. The summed E-state index contributed by atoms with van der Waals surface area (Å²) in [6.07, 6.45) is 17.7. The highest BCUT2D eigenvalue weighted by molar-refractivity contribution is 7.09. The van der Waals surface area contributed by atoms with E-state index < -0.39 is 0 Å². The summed E-state index contributed by atoms with van der Waals surface area (Å²) in [6.45, 7) is 7.27. The minimum absolute atomic E-state index is 0. The third-order valence-electron chi connectivity index (χ3n) is 7.40. The quantitative estimate of drug-likeness (QED) is 0.0942. The third-order valence-corrected chi connectivity index (χ3v) is 8.25. The Labute approximate surface area is 267 Å². The number of nitrogens with one attached hydrogen (secondary N) is 1. The zero-order valence-electron chi connectivity index (χ0n) is 25.8. The van der Waals surface area contributed by atoms with Gasteiger partial charge >= 0.3 is 0 Å². The molecule has 1 N–H and O–H groups in total. The van der Waals surface area contributed by atoms with E-state index in [1.165, 1.54) is 74.6 Å². The number of nitrogens with zero attached hydrogens (tertiary/aromatic N) is 1. The summed E-state index contributed by atoms with van der Waals surface area (Å²) in [5.74, 6) is 0.374. The molecule has 0 aliphatic carbocycles. The molecule has 3 aromatic rings. The number of aromatic nitrogens is 1. The molecule has 2 aromatic carbocycles. The molecule has 0 saturated carbocycles. The molecule has 7 heteroatoms. The first-order chi connectivity index (χ1) is 20.0. The number of carbonyl (C=O) groups excluding carboxylic acids is 2. The van der Waals surface area contributed by atoms with E-state index in [9.17, 15) is 9.59 Å². The lowest BCUT2D eigenvalue weighted by atomic mass is 10.0. The minimum Gasteiger partial charge on any atom is -1.00 e. The summed E-state index contributed by atoms with van der Waals surface area (Å²) in [5, 5.41) is 2.99. The normalized spacial score (nSPS) is 10.7. The van der Waals surface area contributed by atoms with E-state index in [2.05, 4.69) is 35.4 Å². The summed E-state index contributed by atoms with van der Waals surface area (Å²) >= 11 is 1.73. The van der Waals surface area contributed by atoms with Crippen LogP contribution < -0.4 is 31.6 Å². The Morgan fingerprint density at radius 1 is 0.857 bits per heavy atom. The molecular formula is C35H49BrN2O3S. The summed E-state index contributed by atoms with van der Waals surface area (Å²) < 4.78 is 8.31. The van der Waals surface area contributed by atoms with Crippen LogP contribution in [-0.2, 0) is 17.8 Å². The third kappa shape index (κ3) is 13.2. The van der Waals surface area contributed by atoms with Crippen molar-refractivity contribution in [3.63, 3.8) is 0 Å². The lowest BCUT2D eigenvalue weighted by molar-refractivity contribution is -0.683. The Morgan fingerprint density at radius 3 is 2.05 bits per heavy atom. The van der Waals surface area contributed by atoms with Crippen LogP contribution in [0.4, 0.5) is 5.69 Å². The van der Waals surface area contributed by atoms with Crippen LogP contribution in [0.1, 0.15) is 117 Å². The lowest BCUT2D eigenvalue weighted by Crippen LogP contribution is -3.00. The number of Topliss-reactive ketones (excluding diaryl/α,β-unsaturated/α-hetero) is 1. The van der Waals surface area contributed by atoms with Gasteiger partial charge in [0.2, 0.25) is 11.4 Å². The molecular weight excluding hydrogens is 608 g/mol. The molecule has 0 spiro atoms. The average molecular weight is 658 g/mol. The van der Waals surface area contributed by atoms with E-state index in [1.54, 1.807) is 24.3 Å². The number of ether oxygens (including phenoxy) is 1. The molecule has 230 valence electrons. The summed E-state index contributed by atoms with van der Waals surface area (Å²) in [6, 6.07) is 13.4. The van der Waals surface area contributed by atoms with Crippen LogP contribution in [0.2, 0.25) is 0 Å². The zero-order valence-corrected chi connectivity index (χ0v) is 28.2. The van der Waals surface area contributed by atoms with E-state index in [4.69, 9.17) is 4.74 Å². The molecule has 0 fully saturated rings. The van der Waals surface area contributed by atoms with Crippen LogP contribution in [0.3, 0.4) is 0 Å². The molecule has 0 unspecified atom stereocenters. The second-order valence-electron chi connectivity index (χ2n) is 11.1. The van der Waals surface area contributed by atoms with Crippen LogP contribution in [0.25, 0.3) is 0 Å². The molecule has 1 aromatic heterocycles. The van der Waals surface area contributed by atoms with Crippen molar-refractivity contribution in [1.82, 2.24) is 0 Å². The van der Waals surface area contributed by atoms with Gasteiger partial charge in [-0.15, -0.1) is 0 Å². The highest BCUT2D eigenvalue weighted by Crippen LogP contribution is 2.26. The number of halogens is 1. The number of hydrogen-bond acceptors (Lipinski definition) is 4. The van der Waals surface area contributed by atoms with Crippen molar-refractivity contribution < 1.29 is 35.9 Å². The van der Waals surface area contributed by atoms with Crippen molar-refractivity contribution in [1.29, 1.82) is 0 Å². The molecule has 0 aliphatic rings. The number of benzene rings is 2. The van der Waals surface area contributed by atoms with Gasteiger partial charge in [0.05, 0.1) is 23.5 Å². The van der Waals surface area contributed by atoms with Gasteiger partial charge in [0.1, 0.15) is 5.75 Å². The summed E-state index contributed by atoms with van der Waals surface area (Å²) in [7, 11) is 0. The highest BCUT2D eigenvalue weighted by Gasteiger charge is 2.16. The number of hydrogen-bond donors (Lipinski definition) is 1. The van der Waals surface area contributed by atoms with Crippen molar-refractivity contribution in [2.24, 2.45) is 0 Å². The van der Waals surface area contributed by atoms with Crippen LogP contribution in [0, 0.1) is 6.92 Å². The van der Waals surface area contributed by atoms with Gasteiger partial charge in [0, 0.05) is 16.8 Å². The molecule has 0 atom stereocenters. The van der Waals surface area contributed by atoms with E-state index in [0.29, 0.717) is 17.9 Å². The molecule has 0 saturated heterocycles. The largest absolute Gasteiger partial charge is 1.00 e. The number of aryl methyl sites for hydroxylation is 1. The highest BCUT2D eigenvalue weighted by atomic mass is 79.9. The van der Waals surface area contributed by atoms with Crippen LogP contribution >= 0.6 is 11.3 Å².